The van der Waals surface area contributed by atoms with Crippen LogP contribution in [-0.2, 0) is 33.2 Å². The second-order valence-electron chi connectivity index (χ2n) is 28.5. The number of amides is 1. The lowest BCUT2D eigenvalue weighted by Crippen LogP contribution is -2.66. The molecule has 3 saturated heterocycles. The van der Waals surface area contributed by atoms with Crippen molar-refractivity contribution in [2.75, 3.05) is 26.4 Å². The van der Waals surface area contributed by atoms with Gasteiger partial charge in [-0.05, 0) is 89.9 Å². The van der Waals surface area contributed by atoms with Crippen molar-refractivity contribution in [1.82, 2.24) is 5.32 Å². The van der Waals surface area contributed by atoms with E-state index >= 15 is 0 Å². The molecule has 17 atom stereocenters. The van der Waals surface area contributed by atoms with Gasteiger partial charge in [-0.1, -0.05) is 291 Å². The van der Waals surface area contributed by atoms with Crippen molar-refractivity contribution in [1.29, 1.82) is 0 Å². The van der Waals surface area contributed by atoms with Crippen LogP contribution in [-0.4, -0.2) is 193 Å². The van der Waals surface area contributed by atoms with E-state index in [0.29, 0.717) is 12.8 Å². The van der Waals surface area contributed by atoms with Crippen molar-refractivity contribution >= 4 is 5.91 Å². The third kappa shape index (κ3) is 42.3. The Balaban J connectivity index is 1.29. The number of allylic oxidation sites excluding steroid dienone is 15. The average molecular weight is 1450 g/mol. The van der Waals surface area contributed by atoms with E-state index in [1.807, 2.05) is 6.08 Å². The summed E-state index contributed by atoms with van der Waals surface area (Å²) in [5.41, 5.74) is 0. The Morgan fingerprint density at radius 2 is 0.686 bits per heavy atom. The van der Waals surface area contributed by atoms with Gasteiger partial charge in [-0.25, -0.2) is 0 Å². The van der Waals surface area contributed by atoms with E-state index in [4.69, 9.17) is 28.4 Å². The second kappa shape index (κ2) is 62.7. The minimum atomic E-state index is -1.98. The molecular formula is C83H145NO18. The van der Waals surface area contributed by atoms with Gasteiger partial charge in [0.1, 0.15) is 73.2 Å². The molecule has 19 heteroatoms. The van der Waals surface area contributed by atoms with Gasteiger partial charge in [0.15, 0.2) is 18.9 Å². The summed E-state index contributed by atoms with van der Waals surface area (Å²) in [5.74, 6) is -0.288. The number of hydrogen-bond donors (Lipinski definition) is 12. The number of aliphatic hydroxyl groups excluding tert-OH is 11. The molecule has 0 spiro atoms. The Bertz CT molecular complexity index is 2220. The number of nitrogens with one attached hydrogen (secondary N) is 1. The number of hydrogen-bond acceptors (Lipinski definition) is 18. The van der Waals surface area contributed by atoms with Gasteiger partial charge in [0.25, 0.3) is 0 Å². The SMILES string of the molecule is CC/C=C\C/C=C\C/C=C\C/C=C\C/C=C\CCCCCCCCCCCCCCCCCCCCCCCCCCCC(=O)NC(COC1OC(CO)C(OC2OC(CO)C(OC3OC(CO)C(O)C(O)C3O)C(O)C2O)C(O)C1O)C(O)/C=C/CC/C=C/CC/C=C/CCCCCCCC. The Hall–Kier alpha value is -3.29. The van der Waals surface area contributed by atoms with Gasteiger partial charge in [-0.3, -0.25) is 4.79 Å². The summed E-state index contributed by atoms with van der Waals surface area (Å²) in [7, 11) is 0. The maximum atomic E-state index is 13.4. The molecule has 0 aromatic carbocycles. The van der Waals surface area contributed by atoms with Gasteiger partial charge in [-0.15, -0.1) is 0 Å². The summed E-state index contributed by atoms with van der Waals surface area (Å²) in [6.45, 7) is 1.59. The molecule has 3 aliphatic rings. The van der Waals surface area contributed by atoms with Crippen LogP contribution in [0.25, 0.3) is 0 Å². The topological polar surface area (TPSA) is 307 Å². The van der Waals surface area contributed by atoms with Gasteiger partial charge in [-0.2, -0.15) is 0 Å². The van der Waals surface area contributed by atoms with Crippen LogP contribution in [0.5, 0.6) is 0 Å². The lowest BCUT2D eigenvalue weighted by molar-refractivity contribution is -0.379. The molecule has 0 bridgehead atoms. The van der Waals surface area contributed by atoms with Crippen molar-refractivity contribution in [3.63, 3.8) is 0 Å². The van der Waals surface area contributed by atoms with Crippen molar-refractivity contribution in [2.45, 2.75) is 394 Å². The quantitative estimate of drug-likeness (QED) is 0.0199. The first-order valence-corrected chi connectivity index (χ1v) is 40.5. The molecule has 0 saturated carbocycles. The molecule has 0 aromatic heterocycles. The lowest BCUT2D eigenvalue weighted by Gasteiger charge is -2.48. The highest BCUT2D eigenvalue weighted by Crippen LogP contribution is 2.33. The van der Waals surface area contributed by atoms with Crippen LogP contribution in [0.1, 0.15) is 290 Å². The van der Waals surface area contributed by atoms with Gasteiger partial charge in [0.05, 0.1) is 38.6 Å². The highest BCUT2D eigenvalue weighted by atomic mass is 16.8. The maximum Gasteiger partial charge on any atom is 0.220 e. The van der Waals surface area contributed by atoms with Crippen LogP contribution in [0.15, 0.2) is 97.2 Å². The fourth-order valence-corrected chi connectivity index (χ4v) is 13.1. The van der Waals surface area contributed by atoms with E-state index in [1.165, 1.54) is 180 Å². The monoisotopic (exact) mass is 1440 g/mol. The predicted molar refractivity (Wildman–Crippen MR) is 406 cm³/mol. The lowest BCUT2D eigenvalue weighted by atomic mass is 9.96. The van der Waals surface area contributed by atoms with Crippen molar-refractivity contribution < 1.29 is 89.4 Å². The summed E-state index contributed by atoms with van der Waals surface area (Å²) in [5, 5.41) is 121. The number of unbranched alkanes of at least 4 members (excludes halogenated alkanes) is 33. The third-order valence-electron chi connectivity index (χ3n) is 19.6. The van der Waals surface area contributed by atoms with Gasteiger partial charge < -0.3 is 89.9 Å². The number of ether oxygens (including phenoxy) is 6. The van der Waals surface area contributed by atoms with Crippen molar-refractivity contribution in [3.8, 4) is 0 Å². The second-order valence-corrected chi connectivity index (χ2v) is 28.5. The Kier molecular flexibility index (Phi) is 57.1. The molecule has 3 rings (SSSR count). The van der Waals surface area contributed by atoms with E-state index in [1.54, 1.807) is 6.08 Å². The number of carbonyl (C=O) groups is 1. The van der Waals surface area contributed by atoms with Crippen LogP contribution >= 0.6 is 0 Å². The molecule has 17 unspecified atom stereocenters. The molecular weight excluding hydrogens is 1300 g/mol. The first kappa shape index (κ1) is 92.9. The van der Waals surface area contributed by atoms with E-state index < -0.39 is 124 Å². The van der Waals surface area contributed by atoms with Crippen LogP contribution < -0.4 is 5.32 Å². The van der Waals surface area contributed by atoms with E-state index in [2.05, 4.69) is 104 Å². The molecule has 590 valence electrons. The molecule has 0 aromatic rings. The molecule has 19 nitrogen and oxygen atoms in total. The van der Waals surface area contributed by atoms with Gasteiger partial charge >= 0.3 is 0 Å². The molecule has 102 heavy (non-hydrogen) atoms. The standard InChI is InChI=1S/C83H145NO18/c1-3-5-7-9-11-13-15-17-19-21-22-23-24-25-26-27-28-29-30-31-32-33-34-35-36-37-38-39-40-41-42-43-44-45-47-49-51-53-55-57-59-61-71(89)84-66(67(88)60-58-56-54-52-50-48-46-20-18-16-14-12-10-8-6-4-2)65-97-81-77(95)74(92)79(69(63-86)99-81)102-83-78(96)75(93)80(70(64-87)100-83)101-82-76(94)73(91)72(90)68(62-85)98-82/h5,7,11,13,17-20,22-23,25-26,50,52,58,60,66-70,72-83,85-88,90-96H,3-4,6,8-10,12,14-16,21,24,27-49,51,53-57,59,61-65H2,1-2H3,(H,84,89)/b7-5-,13-11-,19-17-,20-18+,23-22-,26-25-,52-50+,60-58+. The summed E-state index contributed by atoms with van der Waals surface area (Å²) < 4.78 is 34.4. The van der Waals surface area contributed by atoms with Crippen LogP contribution in [0.4, 0.5) is 0 Å². The molecule has 1 amide bonds. The molecule has 12 N–H and O–H groups in total. The summed E-state index contributed by atoms with van der Waals surface area (Å²) in [4.78, 5) is 13.4. The largest absolute Gasteiger partial charge is 0.394 e. The highest BCUT2D eigenvalue weighted by Gasteiger charge is 2.54. The van der Waals surface area contributed by atoms with Gasteiger partial charge in [0, 0.05) is 6.42 Å². The van der Waals surface area contributed by atoms with E-state index in [9.17, 15) is 61.0 Å². The zero-order valence-electron chi connectivity index (χ0n) is 63.1. The minimum Gasteiger partial charge on any atom is -0.394 e. The average Bonchev–Trinajstić information content (AvgIpc) is 0.755. The minimum absolute atomic E-state index is 0.232. The zero-order chi connectivity index (χ0) is 73.9. The molecule has 0 aliphatic carbocycles. The predicted octanol–water partition coefficient (Wildman–Crippen LogP) is 13.6. The van der Waals surface area contributed by atoms with Crippen LogP contribution in [0.3, 0.4) is 0 Å². The van der Waals surface area contributed by atoms with Crippen LogP contribution in [0.2, 0.25) is 0 Å². The fourth-order valence-electron chi connectivity index (χ4n) is 13.1. The zero-order valence-corrected chi connectivity index (χ0v) is 63.1. The Labute approximate surface area is 615 Å². The highest BCUT2D eigenvalue weighted by molar-refractivity contribution is 5.76. The third-order valence-corrected chi connectivity index (χ3v) is 19.6. The molecule has 3 heterocycles. The maximum absolute atomic E-state index is 13.4. The Morgan fingerprint density at radius 3 is 1.10 bits per heavy atom. The summed E-state index contributed by atoms with van der Waals surface area (Å²) >= 11 is 0. The smallest absolute Gasteiger partial charge is 0.220 e. The van der Waals surface area contributed by atoms with Gasteiger partial charge in [0.2, 0.25) is 5.91 Å². The van der Waals surface area contributed by atoms with Crippen LogP contribution in [0, 0.1) is 0 Å². The van der Waals surface area contributed by atoms with E-state index in [0.717, 1.165) is 77.0 Å². The molecule has 3 aliphatic heterocycles. The van der Waals surface area contributed by atoms with Crippen molar-refractivity contribution in [3.05, 3.63) is 97.2 Å². The number of rotatable bonds is 63. The normalized spacial score (nSPS) is 26.7. The fraction of sp³-hybridized carbons (Fsp3) is 0.795. The molecule has 3 fully saturated rings. The van der Waals surface area contributed by atoms with Crippen molar-refractivity contribution in [2.24, 2.45) is 0 Å². The summed E-state index contributed by atoms with van der Waals surface area (Å²) in [6, 6.07) is -0.999. The first-order valence-electron chi connectivity index (χ1n) is 40.5. The molecule has 0 radical (unpaired) electrons. The number of carbonyl (C=O) groups excluding carboxylic acids is 1. The Morgan fingerprint density at radius 1 is 0.363 bits per heavy atom. The summed E-state index contributed by atoms with van der Waals surface area (Å²) in [6.07, 6.45) is 58.5. The first-order chi connectivity index (χ1) is 49.8. The number of aliphatic hydroxyl groups is 11. The van der Waals surface area contributed by atoms with E-state index in [-0.39, 0.29) is 18.9 Å².